The normalized spacial score (nSPS) is 19.0. The van der Waals surface area contributed by atoms with Gasteiger partial charge in [0.1, 0.15) is 12.1 Å². The van der Waals surface area contributed by atoms with Gasteiger partial charge in [0.25, 0.3) is 5.91 Å². The molecule has 1 saturated heterocycles. The molecule has 13 nitrogen and oxygen atoms in total. The molecule has 4 N–H and O–H groups in total. The molecule has 3 aliphatic rings. The number of halogens is 2. The Morgan fingerprint density at radius 2 is 1.67 bits per heavy atom. The van der Waals surface area contributed by atoms with Crippen LogP contribution in [0.5, 0.6) is 0 Å². The average molecular weight is 734 g/mol. The summed E-state index contributed by atoms with van der Waals surface area (Å²) in [7, 11) is 0. The predicted molar refractivity (Wildman–Crippen MR) is 188 cm³/mol. The van der Waals surface area contributed by atoms with E-state index in [9.17, 15) is 33.5 Å². The molecule has 0 bridgehead atoms. The quantitative estimate of drug-likeness (QED) is 0.264. The van der Waals surface area contributed by atoms with Crippen molar-refractivity contribution in [1.29, 1.82) is 0 Å². The third kappa shape index (κ3) is 7.63. The van der Waals surface area contributed by atoms with E-state index in [0.29, 0.717) is 43.7 Å². The number of anilines is 1. The Bertz CT molecular complexity index is 1930. The first-order valence-electron chi connectivity index (χ1n) is 16.9. The number of benzene rings is 3. The standard InChI is InChI=1S/C37H37ClFN5O8/c38-26-5-1-4-25(33(26)39)28-20-31(52-41-28)35(47)44-14-13-23-24(34(44)30(45)19-21-7-9-22(10-8-21)36(48)49)3-2-6-29(23)42-15-17-43(18-16-42)32(46)12-11-27(40)37(50)51/h1-10,27,31,34H,11-20,40H2,(H,48,49)(H,50,51)/t27-,31+,34-/m0/s1. The summed E-state index contributed by atoms with van der Waals surface area (Å²) >= 11 is 5.97. The van der Waals surface area contributed by atoms with Gasteiger partial charge < -0.3 is 35.5 Å². The van der Waals surface area contributed by atoms with Crippen LogP contribution >= 0.6 is 11.6 Å². The Labute approximate surface area is 303 Å². The van der Waals surface area contributed by atoms with E-state index >= 15 is 0 Å². The number of carboxylic acids is 2. The molecule has 0 unspecified atom stereocenters. The first-order valence-corrected chi connectivity index (χ1v) is 17.3. The summed E-state index contributed by atoms with van der Waals surface area (Å²) in [6, 6.07) is 14.0. The van der Waals surface area contributed by atoms with Gasteiger partial charge in [-0.05, 0) is 59.9 Å². The van der Waals surface area contributed by atoms with E-state index in [0.717, 1.165) is 11.3 Å². The average Bonchev–Trinajstić information content (AvgIpc) is 3.64. The number of ketones is 1. The fourth-order valence-electron chi connectivity index (χ4n) is 6.93. The van der Waals surface area contributed by atoms with Gasteiger partial charge >= 0.3 is 11.9 Å². The van der Waals surface area contributed by atoms with Gasteiger partial charge in [0, 0.05) is 63.2 Å². The Kier molecular flexibility index (Phi) is 10.9. The van der Waals surface area contributed by atoms with Gasteiger partial charge in [-0.1, -0.05) is 47.1 Å². The number of piperazine rings is 1. The van der Waals surface area contributed by atoms with Gasteiger partial charge in [-0.3, -0.25) is 19.2 Å². The minimum absolute atomic E-state index is 0.0255. The summed E-state index contributed by atoms with van der Waals surface area (Å²) < 4.78 is 14.8. The van der Waals surface area contributed by atoms with E-state index in [4.69, 9.17) is 27.3 Å². The number of nitrogens with zero attached hydrogens (tertiary/aromatic N) is 4. The molecular weight excluding hydrogens is 697 g/mol. The number of carboxylic acid groups (broad SMARTS) is 2. The summed E-state index contributed by atoms with van der Waals surface area (Å²) in [4.78, 5) is 74.5. The minimum atomic E-state index is -1.15. The largest absolute Gasteiger partial charge is 0.480 e. The number of carbonyl (C=O) groups excluding carboxylic acids is 3. The van der Waals surface area contributed by atoms with Crippen molar-refractivity contribution in [2.24, 2.45) is 10.9 Å². The van der Waals surface area contributed by atoms with Gasteiger partial charge in [-0.2, -0.15) is 0 Å². The highest BCUT2D eigenvalue weighted by Crippen LogP contribution is 2.38. The molecule has 0 radical (unpaired) electrons. The van der Waals surface area contributed by atoms with E-state index in [1.165, 1.54) is 29.2 Å². The fraction of sp³-hybridized carbons (Fsp3) is 0.351. The molecule has 272 valence electrons. The van der Waals surface area contributed by atoms with Gasteiger partial charge in [0.15, 0.2) is 11.6 Å². The van der Waals surface area contributed by atoms with Gasteiger partial charge in [-0.15, -0.1) is 0 Å². The van der Waals surface area contributed by atoms with Gasteiger partial charge in [-0.25, -0.2) is 9.18 Å². The smallest absolute Gasteiger partial charge is 0.335 e. The lowest BCUT2D eigenvalue weighted by Gasteiger charge is -2.41. The number of aliphatic carboxylic acids is 1. The minimum Gasteiger partial charge on any atom is -0.480 e. The molecule has 3 aliphatic heterocycles. The second kappa shape index (κ2) is 15.5. The van der Waals surface area contributed by atoms with Crippen LogP contribution in [0.4, 0.5) is 10.1 Å². The first kappa shape index (κ1) is 36.5. The van der Waals surface area contributed by atoms with Crippen molar-refractivity contribution in [3.8, 4) is 0 Å². The zero-order valence-electron chi connectivity index (χ0n) is 28.0. The highest BCUT2D eigenvalue weighted by atomic mass is 35.5. The van der Waals surface area contributed by atoms with Crippen LogP contribution in [-0.4, -0.2) is 100 Å². The maximum atomic E-state index is 14.8. The number of nitrogens with two attached hydrogens (primary N) is 1. The van der Waals surface area contributed by atoms with Crippen molar-refractivity contribution in [1.82, 2.24) is 9.80 Å². The van der Waals surface area contributed by atoms with Crippen LogP contribution in [0, 0.1) is 5.82 Å². The Balaban J connectivity index is 1.23. The van der Waals surface area contributed by atoms with Crippen LogP contribution in [0.15, 0.2) is 65.8 Å². The number of Topliss-reactive ketones (excluding diaryl/α,β-unsaturated/α-hetero) is 1. The van der Waals surface area contributed by atoms with Crippen molar-refractivity contribution in [2.75, 3.05) is 37.6 Å². The topological polar surface area (TPSA) is 183 Å². The number of hydrogen-bond acceptors (Lipinski definition) is 9. The summed E-state index contributed by atoms with van der Waals surface area (Å²) in [6.45, 7) is 2.01. The maximum absolute atomic E-state index is 14.8. The van der Waals surface area contributed by atoms with Gasteiger partial charge in [0.2, 0.25) is 12.0 Å². The Morgan fingerprint density at radius 1 is 0.962 bits per heavy atom. The molecule has 3 aromatic carbocycles. The highest BCUT2D eigenvalue weighted by molar-refractivity contribution is 6.31. The van der Waals surface area contributed by atoms with Crippen molar-refractivity contribution in [3.05, 3.63) is 99.3 Å². The van der Waals surface area contributed by atoms with Crippen molar-refractivity contribution >= 4 is 52.5 Å². The number of oxime groups is 1. The lowest BCUT2D eigenvalue weighted by molar-refractivity contribution is -0.149. The van der Waals surface area contributed by atoms with Crippen LogP contribution in [0.25, 0.3) is 0 Å². The molecule has 0 aliphatic carbocycles. The number of aromatic carboxylic acids is 1. The molecule has 1 fully saturated rings. The summed E-state index contributed by atoms with van der Waals surface area (Å²) in [5.41, 5.74) is 9.00. The third-order valence-electron chi connectivity index (χ3n) is 9.73. The Morgan fingerprint density at radius 3 is 2.37 bits per heavy atom. The van der Waals surface area contributed by atoms with Crippen molar-refractivity contribution < 1.29 is 43.4 Å². The summed E-state index contributed by atoms with van der Waals surface area (Å²) in [5, 5.41) is 22.3. The summed E-state index contributed by atoms with van der Waals surface area (Å²) in [6.07, 6.45) is -0.700. The zero-order chi connectivity index (χ0) is 37.1. The van der Waals surface area contributed by atoms with E-state index < -0.39 is 41.9 Å². The predicted octanol–water partition coefficient (Wildman–Crippen LogP) is 3.45. The number of rotatable bonds is 11. The zero-order valence-corrected chi connectivity index (χ0v) is 28.8. The molecule has 52 heavy (non-hydrogen) atoms. The molecule has 3 heterocycles. The molecule has 15 heteroatoms. The van der Waals surface area contributed by atoms with Crippen molar-refractivity contribution in [3.63, 3.8) is 0 Å². The summed E-state index contributed by atoms with van der Waals surface area (Å²) in [5.74, 6) is -3.85. The first-order chi connectivity index (χ1) is 24.9. The number of fused-ring (bicyclic) bond motifs is 1. The van der Waals surface area contributed by atoms with E-state index in [2.05, 4.69) is 10.1 Å². The van der Waals surface area contributed by atoms with Crippen LogP contribution < -0.4 is 10.6 Å². The molecule has 0 spiro atoms. The molecule has 2 amide bonds. The SMILES string of the molecule is N[C@@H](CCC(=O)N1CCN(c2cccc3c2CCN(C(=O)[C@H]2CC(c4cccc(Cl)c4F)=NO2)[C@@H]3C(=O)Cc2ccc(C(=O)O)cc2)CC1)C(=O)O. The van der Waals surface area contributed by atoms with E-state index in [1.54, 1.807) is 23.1 Å². The van der Waals surface area contributed by atoms with Crippen LogP contribution in [0.3, 0.4) is 0 Å². The molecular formula is C37H37ClFN5O8. The highest BCUT2D eigenvalue weighted by Gasteiger charge is 2.42. The molecule has 0 saturated carbocycles. The monoisotopic (exact) mass is 733 g/mol. The molecule has 3 atom stereocenters. The maximum Gasteiger partial charge on any atom is 0.335 e. The second-order valence-corrected chi connectivity index (χ2v) is 13.4. The van der Waals surface area contributed by atoms with Crippen LogP contribution in [0.2, 0.25) is 5.02 Å². The number of carbonyl (C=O) groups is 5. The van der Waals surface area contributed by atoms with Crippen LogP contribution in [0.1, 0.15) is 57.9 Å². The third-order valence-corrected chi connectivity index (χ3v) is 10.0. The molecule has 0 aromatic heterocycles. The fourth-order valence-corrected chi connectivity index (χ4v) is 7.11. The van der Waals surface area contributed by atoms with E-state index in [1.807, 2.05) is 18.2 Å². The Hall–Kier alpha value is -5.34. The lowest BCUT2D eigenvalue weighted by Crippen LogP contribution is -2.50. The van der Waals surface area contributed by atoms with Crippen LogP contribution in [-0.2, 0) is 36.9 Å². The second-order valence-electron chi connectivity index (χ2n) is 13.0. The van der Waals surface area contributed by atoms with Gasteiger partial charge in [0.05, 0.1) is 16.3 Å². The van der Waals surface area contributed by atoms with Crippen molar-refractivity contribution in [2.45, 2.75) is 50.3 Å². The molecule has 3 aromatic rings. The molecule has 6 rings (SSSR count). The lowest BCUT2D eigenvalue weighted by atomic mass is 9.86. The van der Waals surface area contributed by atoms with E-state index in [-0.39, 0.29) is 65.8 Å². The number of amides is 2. The number of hydrogen-bond donors (Lipinski definition) is 3.